The van der Waals surface area contributed by atoms with Crippen molar-refractivity contribution in [1.29, 1.82) is 0 Å². The molecule has 4 nitrogen and oxygen atoms in total. The minimum Gasteiger partial charge on any atom is -0.343 e. The van der Waals surface area contributed by atoms with E-state index in [-0.39, 0.29) is 0 Å². The highest BCUT2D eigenvalue weighted by Crippen LogP contribution is 1.85. The van der Waals surface area contributed by atoms with Crippen LogP contribution in [-0.2, 0) is 6.42 Å². The average Bonchev–Trinajstić information content (AvgIpc) is 2.19. The fourth-order valence-electron chi connectivity index (χ4n) is 0.432. The lowest BCUT2D eigenvalue weighted by Gasteiger charge is -1.81. The zero-order valence-electron chi connectivity index (χ0n) is 4.37. The van der Waals surface area contributed by atoms with Crippen molar-refractivity contribution >= 4 is 0 Å². The quantitative estimate of drug-likeness (QED) is 0.565. The average molecular weight is 113 g/mol. The van der Waals surface area contributed by atoms with Gasteiger partial charge in [-0.1, -0.05) is 5.16 Å². The Labute approximate surface area is 46.7 Å². The summed E-state index contributed by atoms with van der Waals surface area (Å²) in [6, 6.07) is 0. The number of nitrogens with zero attached hydrogens (tertiary/aromatic N) is 2. The molecular formula is C4H7N3O. The summed E-state index contributed by atoms with van der Waals surface area (Å²) in [5, 5.41) is 3.54. The molecule has 8 heavy (non-hydrogen) atoms. The molecule has 1 heterocycles. The van der Waals surface area contributed by atoms with Crippen LogP contribution in [0.3, 0.4) is 0 Å². The minimum atomic E-state index is 0.569. The van der Waals surface area contributed by atoms with Crippen LogP contribution in [0.15, 0.2) is 10.9 Å². The summed E-state index contributed by atoms with van der Waals surface area (Å²) < 4.78 is 4.45. The summed E-state index contributed by atoms with van der Waals surface area (Å²) >= 11 is 0. The molecule has 0 bridgehead atoms. The molecule has 1 aromatic heterocycles. The second-order valence-electron chi connectivity index (χ2n) is 1.39. The molecule has 1 aromatic rings. The summed E-state index contributed by atoms with van der Waals surface area (Å²) in [4.78, 5) is 3.75. The Morgan fingerprint density at radius 1 is 1.75 bits per heavy atom. The van der Waals surface area contributed by atoms with Crippen LogP contribution in [0.5, 0.6) is 0 Å². The van der Waals surface area contributed by atoms with E-state index in [4.69, 9.17) is 5.73 Å². The van der Waals surface area contributed by atoms with Gasteiger partial charge in [-0.2, -0.15) is 4.98 Å². The van der Waals surface area contributed by atoms with Crippen molar-refractivity contribution < 1.29 is 4.52 Å². The highest BCUT2D eigenvalue weighted by Gasteiger charge is 1.92. The summed E-state index contributed by atoms with van der Waals surface area (Å²) in [5.41, 5.74) is 5.20. The summed E-state index contributed by atoms with van der Waals surface area (Å²) in [5.74, 6) is 0.674. The van der Waals surface area contributed by atoms with Gasteiger partial charge in [0.1, 0.15) is 0 Å². The SMILES string of the molecule is NCCc1ncon1. The molecule has 0 saturated heterocycles. The monoisotopic (exact) mass is 113 g/mol. The molecule has 0 aliphatic carbocycles. The number of nitrogens with two attached hydrogens (primary N) is 1. The van der Waals surface area contributed by atoms with Crippen LogP contribution in [-0.4, -0.2) is 16.7 Å². The Hall–Kier alpha value is -0.900. The van der Waals surface area contributed by atoms with Crippen molar-refractivity contribution in [3.8, 4) is 0 Å². The number of rotatable bonds is 2. The van der Waals surface area contributed by atoms with Crippen molar-refractivity contribution in [3.63, 3.8) is 0 Å². The normalized spacial score (nSPS) is 9.62. The fraction of sp³-hybridized carbons (Fsp3) is 0.500. The van der Waals surface area contributed by atoms with Gasteiger partial charge in [-0.25, -0.2) is 0 Å². The first-order valence-corrected chi connectivity index (χ1v) is 2.39. The van der Waals surface area contributed by atoms with Gasteiger partial charge in [0.15, 0.2) is 5.82 Å². The van der Waals surface area contributed by atoms with Crippen molar-refractivity contribution in [2.75, 3.05) is 6.54 Å². The molecule has 0 aliphatic rings. The molecule has 0 atom stereocenters. The molecule has 0 saturated carbocycles. The molecule has 0 fully saturated rings. The molecular weight excluding hydrogens is 106 g/mol. The lowest BCUT2D eigenvalue weighted by molar-refractivity contribution is 0.410. The smallest absolute Gasteiger partial charge is 0.213 e. The molecule has 0 aliphatic heterocycles. The maximum absolute atomic E-state index is 5.20. The zero-order chi connectivity index (χ0) is 5.82. The zero-order valence-corrected chi connectivity index (χ0v) is 4.37. The molecule has 0 radical (unpaired) electrons. The van der Waals surface area contributed by atoms with E-state index in [0.29, 0.717) is 18.8 Å². The van der Waals surface area contributed by atoms with E-state index in [0.717, 1.165) is 0 Å². The van der Waals surface area contributed by atoms with E-state index in [9.17, 15) is 0 Å². The van der Waals surface area contributed by atoms with Gasteiger partial charge in [0.2, 0.25) is 6.39 Å². The van der Waals surface area contributed by atoms with Gasteiger partial charge < -0.3 is 10.3 Å². The molecule has 0 amide bonds. The maximum Gasteiger partial charge on any atom is 0.213 e. The van der Waals surface area contributed by atoms with Gasteiger partial charge in [-0.05, 0) is 6.54 Å². The van der Waals surface area contributed by atoms with Gasteiger partial charge in [-0.15, -0.1) is 0 Å². The number of aromatic nitrogens is 2. The standard InChI is InChI=1S/C4H7N3O/c5-2-1-4-6-3-8-7-4/h3H,1-2,5H2. The molecule has 2 N–H and O–H groups in total. The van der Waals surface area contributed by atoms with E-state index in [2.05, 4.69) is 14.7 Å². The van der Waals surface area contributed by atoms with Crippen molar-refractivity contribution in [1.82, 2.24) is 10.1 Å². The van der Waals surface area contributed by atoms with Crippen LogP contribution in [0, 0.1) is 0 Å². The second kappa shape index (κ2) is 2.42. The molecule has 0 unspecified atom stereocenters. The molecule has 0 aromatic carbocycles. The van der Waals surface area contributed by atoms with Crippen molar-refractivity contribution in [2.24, 2.45) is 5.73 Å². The van der Waals surface area contributed by atoms with Gasteiger partial charge in [0.25, 0.3) is 0 Å². The molecule has 44 valence electrons. The predicted octanol–water partition coefficient (Wildman–Crippen LogP) is -0.429. The maximum atomic E-state index is 5.20. The van der Waals surface area contributed by atoms with Crippen LogP contribution >= 0.6 is 0 Å². The Balaban J connectivity index is 2.50. The third kappa shape index (κ3) is 1.04. The van der Waals surface area contributed by atoms with E-state index < -0.39 is 0 Å². The first kappa shape index (κ1) is 5.24. The van der Waals surface area contributed by atoms with Crippen LogP contribution in [0.2, 0.25) is 0 Å². The molecule has 1 rings (SSSR count). The van der Waals surface area contributed by atoms with Gasteiger partial charge in [0, 0.05) is 6.42 Å². The van der Waals surface area contributed by atoms with Crippen LogP contribution in [0.1, 0.15) is 5.82 Å². The summed E-state index contributed by atoms with van der Waals surface area (Å²) in [6.45, 7) is 0.569. The lowest BCUT2D eigenvalue weighted by atomic mass is 10.4. The van der Waals surface area contributed by atoms with Gasteiger partial charge in [0.05, 0.1) is 0 Å². The Kier molecular flexibility index (Phi) is 1.58. The van der Waals surface area contributed by atoms with E-state index >= 15 is 0 Å². The third-order valence-corrected chi connectivity index (χ3v) is 0.775. The van der Waals surface area contributed by atoms with Crippen molar-refractivity contribution in [3.05, 3.63) is 12.2 Å². The van der Waals surface area contributed by atoms with Crippen molar-refractivity contribution in [2.45, 2.75) is 6.42 Å². The minimum absolute atomic E-state index is 0.569. The fourth-order valence-corrected chi connectivity index (χ4v) is 0.432. The molecule has 4 heteroatoms. The summed E-state index contributed by atoms with van der Waals surface area (Å²) in [6.07, 6.45) is 1.99. The second-order valence-corrected chi connectivity index (χ2v) is 1.39. The van der Waals surface area contributed by atoms with E-state index in [1.165, 1.54) is 6.39 Å². The van der Waals surface area contributed by atoms with Gasteiger partial charge in [-0.3, -0.25) is 0 Å². The predicted molar refractivity (Wildman–Crippen MR) is 27.1 cm³/mol. The number of hydrogen-bond donors (Lipinski definition) is 1. The topological polar surface area (TPSA) is 64.9 Å². The highest BCUT2D eigenvalue weighted by molar-refractivity contribution is 4.77. The Morgan fingerprint density at radius 2 is 2.62 bits per heavy atom. The lowest BCUT2D eigenvalue weighted by Crippen LogP contribution is -2.03. The van der Waals surface area contributed by atoms with Crippen LogP contribution in [0.25, 0.3) is 0 Å². The van der Waals surface area contributed by atoms with E-state index in [1.807, 2.05) is 0 Å². The van der Waals surface area contributed by atoms with Gasteiger partial charge >= 0.3 is 0 Å². The molecule has 0 spiro atoms. The Morgan fingerprint density at radius 3 is 3.12 bits per heavy atom. The third-order valence-electron chi connectivity index (χ3n) is 0.775. The van der Waals surface area contributed by atoms with E-state index in [1.54, 1.807) is 0 Å². The van der Waals surface area contributed by atoms with Crippen LogP contribution in [0.4, 0.5) is 0 Å². The largest absolute Gasteiger partial charge is 0.343 e. The van der Waals surface area contributed by atoms with Crippen LogP contribution < -0.4 is 5.73 Å². The Bertz CT molecular complexity index is 137. The summed E-state index contributed by atoms with van der Waals surface area (Å²) in [7, 11) is 0. The highest BCUT2D eigenvalue weighted by atomic mass is 16.5. The first-order chi connectivity index (χ1) is 3.93. The first-order valence-electron chi connectivity index (χ1n) is 2.39. The number of hydrogen-bond acceptors (Lipinski definition) is 4.